The van der Waals surface area contributed by atoms with Gasteiger partial charge in [-0.05, 0) is 50.4 Å². The average molecular weight is 394 g/mol. The predicted octanol–water partition coefficient (Wildman–Crippen LogP) is 5.93. The van der Waals surface area contributed by atoms with Gasteiger partial charge in [0, 0.05) is 17.2 Å². The first-order valence-electron chi connectivity index (χ1n) is 11.2. The Hall–Kier alpha value is -0.720. The molecular weight excluding hydrogens is 357 g/mol. The van der Waals surface area contributed by atoms with Crippen LogP contribution in [0.3, 0.4) is 0 Å². The first kappa shape index (κ1) is 21.0. The molecule has 0 heterocycles. The molecule has 0 bridgehead atoms. The van der Waals surface area contributed by atoms with E-state index < -0.39 is 7.14 Å². The number of hydrogen-bond acceptors (Lipinski definition) is 4. The van der Waals surface area contributed by atoms with Gasteiger partial charge in [-0.25, -0.2) is 9.79 Å². The lowest BCUT2D eigenvalue weighted by Crippen LogP contribution is -2.40. The smallest absolute Gasteiger partial charge is 0.235 e. The summed E-state index contributed by atoms with van der Waals surface area (Å²) >= 11 is 0. The van der Waals surface area contributed by atoms with E-state index in [0.29, 0.717) is 0 Å². The standard InChI is InChI=1S/C22H36NO3P/c1-16-13-18(23-15-24)14-17(2)21(16)22(25)27(26,19-9-5-3-6-10-19)20-11-7-4-8-12-20/h16-21H,3-14H2,1-2H3. The van der Waals surface area contributed by atoms with E-state index in [2.05, 4.69) is 18.8 Å². The Kier molecular flexibility index (Phi) is 7.14. The molecule has 3 aliphatic rings. The lowest BCUT2D eigenvalue weighted by Gasteiger charge is -2.43. The van der Waals surface area contributed by atoms with Crippen LogP contribution in [0.4, 0.5) is 0 Å². The maximum absolute atomic E-state index is 14.6. The van der Waals surface area contributed by atoms with Gasteiger partial charge in [-0.15, -0.1) is 0 Å². The molecule has 152 valence electrons. The van der Waals surface area contributed by atoms with Crippen LogP contribution < -0.4 is 0 Å². The van der Waals surface area contributed by atoms with Gasteiger partial charge in [-0.2, -0.15) is 0 Å². The van der Waals surface area contributed by atoms with Crippen LogP contribution in [-0.2, 0) is 14.2 Å². The van der Waals surface area contributed by atoms with Crippen molar-refractivity contribution in [3.05, 3.63) is 0 Å². The zero-order valence-corrected chi connectivity index (χ0v) is 18.0. The third-order valence-electron chi connectivity index (χ3n) is 7.61. The fourth-order valence-electron chi connectivity index (χ4n) is 6.30. The Morgan fingerprint density at radius 1 is 0.852 bits per heavy atom. The molecule has 0 aliphatic heterocycles. The minimum Gasteiger partial charge on any atom is -0.315 e. The van der Waals surface area contributed by atoms with Crippen molar-refractivity contribution >= 4 is 18.7 Å². The lowest BCUT2D eigenvalue weighted by molar-refractivity contribution is -0.119. The fraction of sp³-hybridized carbons (Fsp3) is 0.909. The van der Waals surface area contributed by atoms with Gasteiger partial charge in [0.1, 0.15) is 0 Å². The van der Waals surface area contributed by atoms with Gasteiger partial charge in [0.15, 0.2) is 12.7 Å². The van der Waals surface area contributed by atoms with Crippen LogP contribution in [0.1, 0.15) is 90.9 Å². The highest BCUT2D eigenvalue weighted by atomic mass is 31.2. The van der Waals surface area contributed by atoms with Gasteiger partial charge in [-0.1, -0.05) is 52.4 Å². The Morgan fingerprint density at radius 3 is 1.70 bits per heavy atom. The van der Waals surface area contributed by atoms with Gasteiger partial charge in [0.05, 0.1) is 6.04 Å². The average Bonchev–Trinajstić information content (AvgIpc) is 2.68. The van der Waals surface area contributed by atoms with Crippen molar-refractivity contribution in [3.8, 4) is 0 Å². The molecule has 0 spiro atoms. The quantitative estimate of drug-likeness (QED) is 0.330. The minimum atomic E-state index is -2.89. The number of isocyanates is 1. The second-order valence-corrected chi connectivity index (χ2v) is 12.8. The van der Waals surface area contributed by atoms with Crippen LogP contribution in [0.25, 0.3) is 0 Å². The van der Waals surface area contributed by atoms with Crippen LogP contribution in [0.15, 0.2) is 4.99 Å². The topological polar surface area (TPSA) is 63.6 Å². The van der Waals surface area contributed by atoms with Gasteiger partial charge in [0.25, 0.3) is 0 Å². The summed E-state index contributed by atoms with van der Waals surface area (Å²) in [5.41, 5.74) is 0.383. The number of rotatable bonds is 5. The third-order valence-corrected chi connectivity index (χ3v) is 11.8. The zero-order chi connectivity index (χ0) is 19.4. The number of carbonyl (C=O) groups is 1. The minimum absolute atomic E-state index is 0.0275. The van der Waals surface area contributed by atoms with E-state index in [9.17, 15) is 14.2 Å². The van der Waals surface area contributed by atoms with E-state index in [1.54, 1.807) is 6.08 Å². The maximum atomic E-state index is 14.6. The summed E-state index contributed by atoms with van der Waals surface area (Å²) in [4.78, 5) is 28.5. The van der Waals surface area contributed by atoms with Crippen LogP contribution in [0.5, 0.6) is 0 Å². The van der Waals surface area contributed by atoms with Crippen molar-refractivity contribution in [2.24, 2.45) is 22.7 Å². The van der Waals surface area contributed by atoms with E-state index in [0.717, 1.165) is 64.2 Å². The summed E-state index contributed by atoms with van der Waals surface area (Å²) in [6.07, 6.45) is 14.0. The van der Waals surface area contributed by atoms with Crippen molar-refractivity contribution in [1.29, 1.82) is 0 Å². The van der Waals surface area contributed by atoms with Gasteiger partial charge < -0.3 is 4.57 Å². The Bertz CT molecular complexity index is 581. The number of carbonyl (C=O) groups excluding carboxylic acids is 2. The molecule has 5 heteroatoms. The second kappa shape index (κ2) is 9.19. The van der Waals surface area contributed by atoms with E-state index in [4.69, 9.17) is 0 Å². The molecule has 0 aromatic carbocycles. The molecule has 0 aromatic heterocycles. The maximum Gasteiger partial charge on any atom is 0.235 e. The molecule has 3 saturated carbocycles. The first-order valence-corrected chi connectivity index (χ1v) is 13.0. The molecule has 0 N–H and O–H groups in total. The molecule has 3 rings (SSSR count). The highest BCUT2D eigenvalue weighted by Crippen LogP contribution is 2.66. The molecule has 3 aliphatic carbocycles. The van der Waals surface area contributed by atoms with E-state index in [1.165, 1.54) is 12.8 Å². The fourth-order valence-corrected chi connectivity index (χ4v) is 10.9. The summed E-state index contributed by atoms with van der Waals surface area (Å²) in [7, 11) is -2.89. The Morgan fingerprint density at radius 2 is 1.30 bits per heavy atom. The number of aliphatic imine (C=N–C) groups is 1. The summed E-state index contributed by atoms with van der Waals surface area (Å²) in [6.45, 7) is 4.19. The van der Waals surface area contributed by atoms with Crippen molar-refractivity contribution in [2.45, 2.75) is 108 Å². The van der Waals surface area contributed by atoms with Crippen LogP contribution in [-0.4, -0.2) is 29.0 Å². The number of hydrogen-bond donors (Lipinski definition) is 0. The van der Waals surface area contributed by atoms with Gasteiger partial charge >= 0.3 is 0 Å². The van der Waals surface area contributed by atoms with Crippen molar-refractivity contribution < 1.29 is 14.2 Å². The van der Waals surface area contributed by atoms with E-state index in [1.807, 2.05) is 0 Å². The normalized spacial score (nSPS) is 34.0. The molecule has 27 heavy (non-hydrogen) atoms. The second-order valence-electron chi connectivity index (χ2n) is 9.46. The Balaban J connectivity index is 1.88. The van der Waals surface area contributed by atoms with Crippen LogP contribution in [0, 0.1) is 17.8 Å². The highest BCUT2D eigenvalue weighted by Gasteiger charge is 2.51. The van der Waals surface area contributed by atoms with E-state index >= 15 is 0 Å². The summed E-state index contributed by atoms with van der Waals surface area (Å²) in [6, 6.07) is -0.0275. The molecule has 0 saturated heterocycles. The van der Waals surface area contributed by atoms with Gasteiger partial charge in [0.2, 0.25) is 6.08 Å². The van der Waals surface area contributed by atoms with Crippen molar-refractivity contribution in [1.82, 2.24) is 0 Å². The summed E-state index contributed by atoms with van der Waals surface area (Å²) in [5, 5.41) is 0. The van der Waals surface area contributed by atoms with Crippen molar-refractivity contribution in [3.63, 3.8) is 0 Å². The first-order chi connectivity index (χ1) is 13.0. The molecule has 0 radical (unpaired) electrons. The monoisotopic (exact) mass is 393 g/mol. The summed E-state index contributed by atoms with van der Waals surface area (Å²) in [5.74, 6) is 0.158. The lowest BCUT2D eigenvalue weighted by atomic mass is 9.72. The van der Waals surface area contributed by atoms with Crippen molar-refractivity contribution in [2.75, 3.05) is 0 Å². The zero-order valence-electron chi connectivity index (χ0n) is 17.1. The SMILES string of the molecule is CC1CC(N=C=O)CC(C)C1C(=O)P(=O)(C1CCCCC1)C1CCCCC1. The van der Waals surface area contributed by atoms with E-state index in [-0.39, 0.29) is 40.6 Å². The third kappa shape index (κ3) is 4.33. The Labute approximate surface area is 164 Å². The van der Waals surface area contributed by atoms with Crippen LogP contribution >= 0.6 is 7.14 Å². The molecular formula is C22H36NO3P. The largest absolute Gasteiger partial charge is 0.315 e. The molecule has 2 unspecified atom stereocenters. The summed E-state index contributed by atoms with van der Waals surface area (Å²) < 4.78 is 14.6. The molecule has 3 fully saturated rings. The van der Waals surface area contributed by atoms with Crippen LogP contribution in [0.2, 0.25) is 0 Å². The van der Waals surface area contributed by atoms with Gasteiger partial charge in [-0.3, -0.25) is 4.79 Å². The molecule has 4 nitrogen and oxygen atoms in total. The molecule has 0 aromatic rings. The highest BCUT2D eigenvalue weighted by molar-refractivity contribution is 7.81. The molecule has 0 amide bonds. The predicted molar refractivity (Wildman–Crippen MR) is 109 cm³/mol. The molecule has 2 atom stereocenters. The number of nitrogens with zero attached hydrogens (tertiary/aromatic N) is 1.